The maximum absolute atomic E-state index is 13.1. The van der Waals surface area contributed by atoms with Crippen LogP contribution in [0.15, 0.2) is 47.4 Å². The number of fused-ring (bicyclic) bond motifs is 1. The topological polar surface area (TPSA) is 97.6 Å². The summed E-state index contributed by atoms with van der Waals surface area (Å²) in [6.45, 7) is 1.92. The van der Waals surface area contributed by atoms with Gasteiger partial charge in [-0.3, -0.25) is 14.9 Å². The molecule has 136 valence electrons. The Kier molecular flexibility index (Phi) is 4.53. The van der Waals surface area contributed by atoms with E-state index in [2.05, 4.69) is 0 Å². The van der Waals surface area contributed by atoms with E-state index in [1.807, 2.05) is 31.2 Å². The van der Waals surface area contributed by atoms with Gasteiger partial charge in [0.1, 0.15) is 4.90 Å². The number of nitro benzene ring substituents is 1. The van der Waals surface area contributed by atoms with E-state index in [4.69, 9.17) is 0 Å². The summed E-state index contributed by atoms with van der Waals surface area (Å²) >= 11 is 0. The fourth-order valence-corrected chi connectivity index (χ4v) is 4.07. The van der Waals surface area contributed by atoms with Crippen molar-refractivity contribution in [3.63, 3.8) is 0 Å². The van der Waals surface area contributed by atoms with Crippen LogP contribution in [0.1, 0.15) is 29.3 Å². The molecule has 0 fully saturated rings. The van der Waals surface area contributed by atoms with Crippen LogP contribution in [0, 0.1) is 10.1 Å². The molecule has 3 rings (SSSR count). The molecule has 2 aromatic rings. The number of para-hydroxylation sites is 1. The highest BCUT2D eigenvalue weighted by molar-refractivity contribution is 7.90. The van der Waals surface area contributed by atoms with Crippen LogP contribution in [0.4, 0.5) is 11.4 Å². The van der Waals surface area contributed by atoms with Gasteiger partial charge in [-0.2, -0.15) is 0 Å². The third kappa shape index (κ3) is 3.20. The Morgan fingerprint density at radius 3 is 2.58 bits per heavy atom. The number of nitro groups is 1. The number of anilines is 1. The fraction of sp³-hybridized carbons (Fsp3) is 0.278. The molecule has 1 aliphatic heterocycles. The Hall–Kier alpha value is -2.74. The highest BCUT2D eigenvalue weighted by Gasteiger charge is 2.31. The summed E-state index contributed by atoms with van der Waals surface area (Å²) in [6.07, 6.45) is 2.54. The zero-order chi connectivity index (χ0) is 19.1. The van der Waals surface area contributed by atoms with Crippen molar-refractivity contribution in [2.75, 3.05) is 11.2 Å². The molecule has 0 saturated heterocycles. The Morgan fingerprint density at radius 2 is 1.92 bits per heavy atom. The first kappa shape index (κ1) is 18.1. The van der Waals surface area contributed by atoms with E-state index < -0.39 is 25.3 Å². The number of hydrogen-bond donors (Lipinski definition) is 0. The van der Waals surface area contributed by atoms with Gasteiger partial charge < -0.3 is 4.90 Å². The van der Waals surface area contributed by atoms with Gasteiger partial charge in [-0.1, -0.05) is 18.2 Å². The molecular weight excluding hydrogens is 356 g/mol. The normalized spacial score (nSPS) is 16.8. The van der Waals surface area contributed by atoms with E-state index in [0.29, 0.717) is 0 Å². The van der Waals surface area contributed by atoms with Crippen molar-refractivity contribution in [2.24, 2.45) is 0 Å². The number of carbonyl (C=O) groups is 1. The van der Waals surface area contributed by atoms with Crippen LogP contribution in [0.25, 0.3) is 0 Å². The maximum Gasteiger partial charge on any atom is 0.288 e. The lowest BCUT2D eigenvalue weighted by molar-refractivity contribution is -0.387. The first-order chi connectivity index (χ1) is 12.2. The molecule has 2 aromatic carbocycles. The second-order valence-corrected chi connectivity index (χ2v) is 8.39. The van der Waals surface area contributed by atoms with Crippen molar-refractivity contribution in [2.45, 2.75) is 30.7 Å². The Balaban J connectivity index is 2.09. The molecule has 7 nitrogen and oxygen atoms in total. The zero-order valence-electron chi connectivity index (χ0n) is 14.4. The average molecular weight is 374 g/mol. The van der Waals surface area contributed by atoms with Crippen LogP contribution in [-0.2, 0) is 16.3 Å². The van der Waals surface area contributed by atoms with Gasteiger partial charge in [0, 0.05) is 29.6 Å². The predicted octanol–water partition coefficient (Wildman–Crippen LogP) is 2.98. The van der Waals surface area contributed by atoms with Crippen LogP contribution in [-0.4, -0.2) is 31.5 Å². The second kappa shape index (κ2) is 6.53. The first-order valence-electron chi connectivity index (χ1n) is 8.10. The predicted molar refractivity (Wildman–Crippen MR) is 97.2 cm³/mol. The SMILES string of the molecule is CC1CCc2ccccc2N1C(=O)c1ccc(S(C)(=O)=O)c([N+](=O)[O-])c1. The highest BCUT2D eigenvalue weighted by Crippen LogP contribution is 2.33. The molecule has 1 amide bonds. The Labute approximate surface area is 151 Å². The Morgan fingerprint density at radius 1 is 1.23 bits per heavy atom. The maximum atomic E-state index is 13.1. The van der Waals surface area contributed by atoms with Crippen molar-refractivity contribution in [1.29, 1.82) is 0 Å². The third-order valence-corrected chi connectivity index (χ3v) is 5.69. The fourth-order valence-electron chi connectivity index (χ4n) is 3.24. The van der Waals surface area contributed by atoms with Gasteiger partial charge in [0.15, 0.2) is 9.84 Å². The lowest BCUT2D eigenvalue weighted by atomic mass is 9.95. The van der Waals surface area contributed by atoms with E-state index in [1.165, 1.54) is 6.07 Å². The number of rotatable bonds is 3. The van der Waals surface area contributed by atoms with Crippen molar-refractivity contribution >= 4 is 27.1 Å². The van der Waals surface area contributed by atoms with Crippen LogP contribution in [0.5, 0.6) is 0 Å². The zero-order valence-corrected chi connectivity index (χ0v) is 15.2. The number of amides is 1. The molecule has 1 heterocycles. The summed E-state index contributed by atoms with van der Waals surface area (Å²) in [5.74, 6) is -0.382. The molecule has 0 N–H and O–H groups in total. The van der Waals surface area contributed by atoms with E-state index in [9.17, 15) is 23.3 Å². The van der Waals surface area contributed by atoms with Crippen LogP contribution >= 0.6 is 0 Å². The molecule has 0 saturated carbocycles. The summed E-state index contributed by atoms with van der Waals surface area (Å²) in [5, 5.41) is 11.3. The molecule has 0 spiro atoms. The second-order valence-electron chi connectivity index (χ2n) is 6.40. The van der Waals surface area contributed by atoms with Crippen LogP contribution in [0.3, 0.4) is 0 Å². The minimum absolute atomic E-state index is 0.0639. The van der Waals surface area contributed by atoms with Gasteiger partial charge in [0.05, 0.1) is 4.92 Å². The lowest BCUT2D eigenvalue weighted by Crippen LogP contribution is -2.42. The molecule has 0 bridgehead atoms. The summed E-state index contributed by atoms with van der Waals surface area (Å²) in [6, 6.07) is 11.0. The number of benzene rings is 2. The number of sulfone groups is 1. The van der Waals surface area contributed by atoms with Gasteiger partial charge in [0.2, 0.25) is 0 Å². The smallest absolute Gasteiger partial charge is 0.288 e. The molecule has 0 radical (unpaired) electrons. The molecule has 8 heteroatoms. The molecule has 1 aliphatic rings. The quantitative estimate of drug-likeness (QED) is 0.608. The Bertz CT molecular complexity index is 1000. The van der Waals surface area contributed by atoms with Gasteiger partial charge in [-0.15, -0.1) is 0 Å². The van der Waals surface area contributed by atoms with Crippen molar-refractivity contribution < 1.29 is 18.1 Å². The third-order valence-electron chi connectivity index (χ3n) is 4.54. The molecular formula is C18H18N2O5S. The van der Waals surface area contributed by atoms with Crippen LogP contribution in [0.2, 0.25) is 0 Å². The molecule has 26 heavy (non-hydrogen) atoms. The minimum atomic E-state index is -3.77. The number of aryl methyl sites for hydroxylation is 1. The minimum Gasteiger partial charge on any atom is -0.305 e. The largest absolute Gasteiger partial charge is 0.305 e. The number of carbonyl (C=O) groups excluding carboxylic acids is 1. The first-order valence-corrected chi connectivity index (χ1v) is 9.99. The van der Waals surface area contributed by atoms with E-state index in [-0.39, 0.29) is 17.5 Å². The van der Waals surface area contributed by atoms with Gasteiger partial charge >= 0.3 is 0 Å². The number of nitrogens with zero attached hydrogens (tertiary/aromatic N) is 2. The highest BCUT2D eigenvalue weighted by atomic mass is 32.2. The van der Waals surface area contributed by atoms with E-state index >= 15 is 0 Å². The summed E-state index contributed by atoms with van der Waals surface area (Å²) in [5.41, 5.74) is 1.33. The standard InChI is InChI=1S/C18H18N2O5S/c1-12-7-8-13-5-3-4-6-15(13)19(12)18(21)14-9-10-17(26(2,24)25)16(11-14)20(22)23/h3-6,9-12H,7-8H2,1-2H3. The van der Waals surface area contributed by atoms with Crippen molar-refractivity contribution in [1.82, 2.24) is 0 Å². The monoisotopic (exact) mass is 374 g/mol. The average Bonchev–Trinajstić information content (AvgIpc) is 2.59. The van der Waals surface area contributed by atoms with Gasteiger partial charge in [-0.25, -0.2) is 8.42 Å². The van der Waals surface area contributed by atoms with Crippen molar-refractivity contribution in [3.05, 3.63) is 63.7 Å². The molecule has 0 aromatic heterocycles. The number of hydrogen-bond acceptors (Lipinski definition) is 5. The van der Waals surface area contributed by atoms with Crippen molar-refractivity contribution in [3.8, 4) is 0 Å². The molecule has 1 unspecified atom stereocenters. The summed E-state index contributed by atoms with van der Waals surface area (Å²) in [7, 11) is -3.77. The molecule has 1 atom stereocenters. The molecule has 0 aliphatic carbocycles. The lowest BCUT2D eigenvalue weighted by Gasteiger charge is -2.35. The van der Waals surface area contributed by atoms with E-state index in [0.717, 1.165) is 42.5 Å². The summed E-state index contributed by atoms with van der Waals surface area (Å²) < 4.78 is 23.5. The van der Waals surface area contributed by atoms with Gasteiger partial charge in [-0.05, 0) is 43.5 Å². The van der Waals surface area contributed by atoms with Crippen LogP contribution < -0.4 is 4.90 Å². The van der Waals surface area contributed by atoms with Gasteiger partial charge in [0.25, 0.3) is 11.6 Å². The van der Waals surface area contributed by atoms with E-state index in [1.54, 1.807) is 4.90 Å². The summed E-state index contributed by atoms with van der Waals surface area (Å²) in [4.78, 5) is 24.8.